The summed E-state index contributed by atoms with van der Waals surface area (Å²) in [6.45, 7) is 4.13. The fourth-order valence-electron chi connectivity index (χ4n) is 2.83. The van der Waals surface area contributed by atoms with Gasteiger partial charge < -0.3 is 4.90 Å². The largest absolute Gasteiger partial charge is 0.455 e. The number of hydrogen-bond acceptors (Lipinski definition) is 4. The lowest BCUT2D eigenvalue weighted by Crippen LogP contribution is -2.32. The molecule has 0 N–H and O–H groups in total. The van der Waals surface area contributed by atoms with Crippen LogP contribution in [-0.4, -0.2) is 38.6 Å². The first-order valence-corrected chi connectivity index (χ1v) is 8.92. The zero-order chi connectivity index (χ0) is 19.2. The van der Waals surface area contributed by atoms with Gasteiger partial charge in [0, 0.05) is 30.9 Å². The highest BCUT2D eigenvalue weighted by atomic mass is 32.1. The quantitative estimate of drug-likeness (QED) is 0.739. The summed E-state index contributed by atoms with van der Waals surface area (Å²) in [6.07, 6.45) is -3.21. The van der Waals surface area contributed by atoms with E-state index in [0.29, 0.717) is 17.9 Å². The maximum absolute atomic E-state index is 12.9. The Bertz CT molecular complexity index is 865. The van der Waals surface area contributed by atoms with Gasteiger partial charge in [-0.3, -0.25) is 14.3 Å². The van der Waals surface area contributed by atoms with Crippen molar-refractivity contribution in [1.82, 2.24) is 14.7 Å². The zero-order valence-electron chi connectivity index (χ0n) is 14.6. The number of aromatic nitrogens is 2. The lowest BCUT2D eigenvalue weighted by Gasteiger charge is -2.22. The van der Waals surface area contributed by atoms with Gasteiger partial charge in [-0.2, -0.15) is 18.3 Å². The molecule has 0 saturated heterocycles. The highest BCUT2D eigenvalue weighted by molar-refractivity contribution is 7.16. The van der Waals surface area contributed by atoms with Crippen molar-refractivity contribution in [3.8, 4) is 0 Å². The molecule has 140 valence electrons. The molecule has 1 fully saturated rings. The molecule has 0 spiro atoms. The van der Waals surface area contributed by atoms with Gasteiger partial charge >= 0.3 is 6.18 Å². The summed E-state index contributed by atoms with van der Waals surface area (Å²) >= 11 is 0.592. The second-order valence-corrected chi connectivity index (χ2v) is 7.51. The summed E-state index contributed by atoms with van der Waals surface area (Å²) in [6, 6.07) is 2.44. The van der Waals surface area contributed by atoms with Gasteiger partial charge in [-0.15, -0.1) is 11.3 Å². The van der Waals surface area contributed by atoms with Crippen LogP contribution in [0.1, 0.15) is 49.1 Å². The van der Waals surface area contributed by atoms with E-state index < -0.39 is 16.8 Å². The molecule has 0 bridgehead atoms. The van der Waals surface area contributed by atoms with E-state index in [0.717, 1.165) is 35.9 Å². The summed E-state index contributed by atoms with van der Waals surface area (Å²) in [5.74, 6) is -2.26. The number of hydrogen-bond donors (Lipinski definition) is 0. The summed E-state index contributed by atoms with van der Waals surface area (Å²) in [7, 11) is 1.82. The van der Waals surface area contributed by atoms with E-state index in [-0.39, 0.29) is 16.8 Å². The minimum atomic E-state index is -4.94. The number of Topliss-reactive ketones (excluding diaryl/α,β-unsaturated/α-hetero) is 1. The Morgan fingerprint density at radius 2 is 1.88 bits per heavy atom. The Morgan fingerprint density at radius 3 is 2.38 bits per heavy atom. The Labute approximate surface area is 152 Å². The van der Waals surface area contributed by atoms with E-state index in [2.05, 4.69) is 5.10 Å². The number of thiophene rings is 1. The fraction of sp³-hybridized carbons (Fsp3) is 0.471. The van der Waals surface area contributed by atoms with E-state index in [1.807, 2.05) is 20.9 Å². The molecule has 1 aliphatic carbocycles. The molecule has 0 aromatic carbocycles. The Morgan fingerprint density at radius 1 is 1.27 bits per heavy atom. The van der Waals surface area contributed by atoms with Crippen LogP contribution in [0.2, 0.25) is 0 Å². The summed E-state index contributed by atoms with van der Waals surface area (Å²) in [5, 5.41) is 4.34. The SMILES string of the molecule is Cc1nn(C)c(C)c1CN(C(=O)c1ccc(C(=O)C(F)(F)F)s1)C1CC1. The average Bonchev–Trinajstić information content (AvgIpc) is 3.22. The van der Waals surface area contributed by atoms with Crippen LogP contribution in [0, 0.1) is 13.8 Å². The van der Waals surface area contributed by atoms with Gasteiger partial charge in [-0.1, -0.05) is 0 Å². The Kier molecular flexibility index (Phi) is 4.68. The van der Waals surface area contributed by atoms with Crippen molar-refractivity contribution < 1.29 is 22.8 Å². The van der Waals surface area contributed by atoms with Crippen molar-refractivity contribution in [2.45, 2.75) is 45.5 Å². The molecule has 0 aliphatic heterocycles. The van der Waals surface area contributed by atoms with E-state index in [1.54, 1.807) is 9.58 Å². The van der Waals surface area contributed by atoms with Crippen molar-refractivity contribution in [2.24, 2.45) is 7.05 Å². The van der Waals surface area contributed by atoms with Crippen LogP contribution in [-0.2, 0) is 13.6 Å². The van der Waals surface area contributed by atoms with E-state index in [1.165, 1.54) is 6.07 Å². The predicted octanol–water partition coefficient (Wildman–Crippen LogP) is 3.65. The second-order valence-electron chi connectivity index (χ2n) is 6.43. The van der Waals surface area contributed by atoms with Crippen LogP contribution < -0.4 is 0 Å². The molecule has 1 saturated carbocycles. The Balaban J connectivity index is 1.84. The number of rotatable bonds is 5. The highest BCUT2D eigenvalue weighted by Gasteiger charge is 2.41. The summed E-state index contributed by atoms with van der Waals surface area (Å²) < 4.78 is 39.5. The fourth-order valence-corrected chi connectivity index (χ4v) is 3.75. The number of carbonyl (C=O) groups excluding carboxylic acids is 2. The molecule has 2 aromatic rings. The third-order valence-electron chi connectivity index (χ3n) is 4.53. The molecule has 2 heterocycles. The average molecular weight is 385 g/mol. The molecule has 0 unspecified atom stereocenters. The van der Waals surface area contributed by atoms with Crippen LogP contribution in [0.3, 0.4) is 0 Å². The normalized spacial score (nSPS) is 14.5. The van der Waals surface area contributed by atoms with Crippen LogP contribution in [0.5, 0.6) is 0 Å². The number of nitrogens with zero attached hydrogens (tertiary/aromatic N) is 3. The van der Waals surface area contributed by atoms with Gasteiger partial charge in [0.2, 0.25) is 0 Å². The molecule has 1 aliphatic rings. The first-order chi connectivity index (χ1) is 12.1. The molecule has 5 nitrogen and oxygen atoms in total. The lowest BCUT2D eigenvalue weighted by atomic mass is 10.1. The molecular weight excluding hydrogens is 367 g/mol. The molecular formula is C17H18F3N3O2S. The van der Waals surface area contributed by atoms with Crippen LogP contribution in [0.15, 0.2) is 12.1 Å². The maximum atomic E-state index is 12.9. The van der Waals surface area contributed by atoms with Crippen molar-refractivity contribution in [2.75, 3.05) is 0 Å². The number of amides is 1. The molecule has 0 atom stereocenters. The van der Waals surface area contributed by atoms with E-state index in [4.69, 9.17) is 0 Å². The topological polar surface area (TPSA) is 55.2 Å². The number of halogens is 3. The second kappa shape index (κ2) is 6.53. The number of carbonyl (C=O) groups is 2. The summed E-state index contributed by atoms with van der Waals surface area (Å²) in [5.41, 5.74) is 2.71. The third kappa shape index (κ3) is 3.53. The zero-order valence-corrected chi connectivity index (χ0v) is 15.4. The minimum Gasteiger partial charge on any atom is -0.330 e. The van der Waals surface area contributed by atoms with Gasteiger partial charge in [-0.05, 0) is 38.8 Å². The van der Waals surface area contributed by atoms with Gasteiger partial charge in [0.05, 0.1) is 15.4 Å². The predicted molar refractivity (Wildman–Crippen MR) is 90.3 cm³/mol. The van der Waals surface area contributed by atoms with Crippen molar-refractivity contribution in [1.29, 1.82) is 0 Å². The first-order valence-electron chi connectivity index (χ1n) is 8.11. The van der Waals surface area contributed by atoms with Gasteiger partial charge in [0.15, 0.2) is 0 Å². The van der Waals surface area contributed by atoms with E-state index >= 15 is 0 Å². The third-order valence-corrected chi connectivity index (χ3v) is 5.61. The number of ketones is 1. The maximum Gasteiger partial charge on any atom is 0.455 e. The standard InChI is InChI=1S/C17H18F3N3O2S/c1-9-12(10(2)22(3)21-9)8-23(11-4-5-11)16(25)14-7-6-13(26-14)15(24)17(18,19)20/h6-7,11H,4-5,8H2,1-3H3. The first kappa shape index (κ1) is 18.6. The van der Waals surface area contributed by atoms with Crippen LogP contribution in [0.4, 0.5) is 13.2 Å². The van der Waals surface area contributed by atoms with Gasteiger partial charge in [-0.25, -0.2) is 0 Å². The number of aryl methyl sites for hydroxylation is 2. The molecule has 9 heteroatoms. The lowest BCUT2D eigenvalue weighted by molar-refractivity contribution is -0.0882. The minimum absolute atomic E-state index is 0.0744. The molecule has 3 rings (SSSR count). The van der Waals surface area contributed by atoms with E-state index in [9.17, 15) is 22.8 Å². The van der Waals surface area contributed by atoms with Crippen LogP contribution >= 0.6 is 11.3 Å². The van der Waals surface area contributed by atoms with Crippen molar-refractivity contribution in [3.05, 3.63) is 38.8 Å². The van der Waals surface area contributed by atoms with Crippen molar-refractivity contribution >= 4 is 23.0 Å². The van der Waals surface area contributed by atoms with Crippen LogP contribution in [0.25, 0.3) is 0 Å². The molecule has 0 radical (unpaired) electrons. The van der Waals surface area contributed by atoms with Crippen molar-refractivity contribution in [3.63, 3.8) is 0 Å². The Hall–Kier alpha value is -2.16. The monoisotopic (exact) mass is 385 g/mol. The molecule has 26 heavy (non-hydrogen) atoms. The summed E-state index contributed by atoms with van der Waals surface area (Å²) in [4.78, 5) is 25.6. The van der Waals surface area contributed by atoms with Gasteiger partial charge in [0.25, 0.3) is 11.7 Å². The molecule has 1 amide bonds. The molecule has 2 aromatic heterocycles. The number of alkyl halides is 3. The smallest absolute Gasteiger partial charge is 0.330 e. The highest BCUT2D eigenvalue weighted by Crippen LogP contribution is 2.33. The van der Waals surface area contributed by atoms with Gasteiger partial charge in [0.1, 0.15) is 0 Å².